The molecule has 1 aliphatic rings. The summed E-state index contributed by atoms with van der Waals surface area (Å²) in [5.74, 6) is 0.748. The maximum Gasteiger partial charge on any atom is 0.0456 e. The van der Waals surface area contributed by atoms with E-state index in [0.717, 1.165) is 12.0 Å². The Morgan fingerprint density at radius 2 is 1.78 bits per heavy atom. The number of aromatic nitrogens is 1. The second-order valence-corrected chi connectivity index (χ2v) is 5.76. The summed E-state index contributed by atoms with van der Waals surface area (Å²) < 4.78 is 0. The van der Waals surface area contributed by atoms with Crippen LogP contribution in [0.2, 0.25) is 0 Å². The predicted octanol–water partition coefficient (Wildman–Crippen LogP) is 3.76. The van der Waals surface area contributed by atoms with Crippen molar-refractivity contribution in [3.05, 3.63) is 36.0 Å². The quantitative estimate of drug-likeness (QED) is 0.849. The Kier molecular flexibility index (Phi) is 3.13. The lowest BCUT2D eigenvalue weighted by Gasteiger charge is -2.32. The lowest BCUT2D eigenvalue weighted by Crippen LogP contribution is -2.31. The molecule has 2 aromatic rings. The Morgan fingerprint density at radius 1 is 1.06 bits per heavy atom. The second-order valence-electron chi connectivity index (χ2n) is 5.76. The molecule has 1 aromatic heterocycles. The maximum absolute atomic E-state index is 3.41. The summed E-state index contributed by atoms with van der Waals surface area (Å²) in [7, 11) is 4.41. The van der Waals surface area contributed by atoms with E-state index < -0.39 is 0 Å². The molecule has 1 aliphatic carbocycles. The summed E-state index contributed by atoms with van der Waals surface area (Å²) in [5.41, 5.74) is 2.81. The largest absolute Gasteiger partial charge is 0.361 e. The van der Waals surface area contributed by atoms with Crippen LogP contribution in [0.15, 0.2) is 30.5 Å². The molecule has 1 aromatic carbocycles. The Morgan fingerprint density at radius 3 is 2.50 bits per heavy atom. The van der Waals surface area contributed by atoms with Crippen LogP contribution >= 0.6 is 0 Å². The topological polar surface area (TPSA) is 19.0 Å². The maximum atomic E-state index is 3.41. The molecule has 0 amide bonds. The molecule has 2 heteroatoms. The highest BCUT2D eigenvalue weighted by Crippen LogP contribution is 2.37. The lowest BCUT2D eigenvalue weighted by atomic mass is 9.81. The third-order valence-corrected chi connectivity index (χ3v) is 4.49. The van der Waals surface area contributed by atoms with E-state index in [1.54, 1.807) is 0 Å². The Bertz CT molecular complexity index is 519. The second kappa shape index (κ2) is 4.77. The molecule has 1 heterocycles. The minimum atomic E-state index is 0.748. The molecule has 0 saturated heterocycles. The highest BCUT2D eigenvalue weighted by Gasteiger charge is 2.24. The van der Waals surface area contributed by atoms with Gasteiger partial charge in [0.05, 0.1) is 0 Å². The number of nitrogens with zero attached hydrogens (tertiary/aromatic N) is 1. The van der Waals surface area contributed by atoms with Gasteiger partial charge in [0.1, 0.15) is 0 Å². The number of para-hydroxylation sites is 1. The molecule has 0 radical (unpaired) electrons. The fraction of sp³-hybridized carbons (Fsp3) is 0.500. The zero-order valence-electron chi connectivity index (χ0n) is 11.3. The molecular formula is C16H22N2. The molecule has 0 bridgehead atoms. The minimum absolute atomic E-state index is 0.748. The number of hydrogen-bond donors (Lipinski definition) is 1. The third kappa shape index (κ3) is 2.05. The van der Waals surface area contributed by atoms with Crippen LogP contribution in [-0.2, 0) is 0 Å². The third-order valence-electron chi connectivity index (χ3n) is 4.49. The SMILES string of the molecule is CN(C)C1CCC(c2c[nH]c3ccccc23)CC1. The summed E-state index contributed by atoms with van der Waals surface area (Å²) in [6.45, 7) is 0. The van der Waals surface area contributed by atoms with Gasteiger partial charge in [-0.1, -0.05) is 18.2 Å². The molecule has 96 valence electrons. The lowest BCUT2D eigenvalue weighted by molar-refractivity contribution is 0.217. The van der Waals surface area contributed by atoms with Crippen molar-refractivity contribution in [3.63, 3.8) is 0 Å². The minimum Gasteiger partial charge on any atom is -0.361 e. The summed E-state index contributed by atoms with van der Waals surface area (Å²) in [4.78, 5) is 5.79. The average Bonchev–Trinajstić information content (AvgIpc) is 2.82. The van der Waals surface area contributed by atoms with Crippen LogP contribution in [0.1, 0.15) is 37.2 Å². The first-order valence-corrected chi connectivity index (χ1v) is 6.98. The highest BCUT2D eigenvalue weighted by atomic mass is 15.1. The van der Waals surface area contributed by atoms with Gasteiger partial charge in [-0.25, -0.2) is 0 Å². The van der Waals surface area contributed by atoms with Gasteiger partial charge in [0.25, 0.3) is 0 Å². The van der Waals surface area contributed by atoms with Crippen molar-refractivity contribution in [2.75, 3.05) is 14.1 Å². The van der Waals surface area contributed by atoms with Gasteiger partial charge in [0, 0.05) is 23.1 Å². The summed E-state index contributed by atoms with van der Waals surface area (Å²) in [5, 5.41) is 1.42. The number of benzene rings is 1. The first-order chi connectivity index (χ1) is 8.75. The van der Waals surface area contributed by atoms with Crippen LogP contribution in [0, 0.1) is 0 Å². The van der Waals surface area contributed by atoms with E-state index in [2.05, 4.69) is 54.4 Å². The fourth-order valence-electron chi connectivity index (χ4n) is 3.33. The van der Waals surface area contributed by atoms with E-state index in [-0.39, 0.29) is 0 Å². The smallest absolute Gasteiger partial charge is 0.0456 e. The molecule has 2 nitrogen and oxygen atoms in total. The number of hydrogen-bond acceptors (Lipinski definition) is 1. The molecule has 1 fully saturated rings. The van der Waals surface area contributed by atoms with E-state index in [1.165, 1.54) is 42.1 Å². The standard InChI is InChI=1S/C16H22N2/c1-18(2)13-9-7-12(8-10-13)15-11-17-16-6-4-3-5-14(15)16/h3-6,11-13,17H,7-10H2,1-2H3. The van der Waals surface area contributed by atoms with E-state index in [1.807, 2.05) is 0 Å². The number of rotatable bonds is 2. The van der Waals surface area contributed by atoms with E-state index >= 15 is 0 Å². The Balaban J connectivity index is 1.80. The Labute approximate surface area is 109 Å². The molecule has 18 heavy (non-hydrogen) atoms. The normalized spacial score (nSPS) is 24.8. The molecule has 0 unspecified atom stereocenters. The van der Waals surface area contributed by atoms with Crippen LogP contribution < -0.4 is 0 Å². The molecular weight excluding hydrogens is 220 g/mol. The van der Waals surface area contributed by atoms with Crippen LogP contribution in [0.3, 0.4) is 0 Å². The zero-order valence-corrected chi connectivity index (χ0v) is 11.3. The predicted molar refractivity (Wildman–Crippen MR) is 77.0 cm³/mol. The summed E-state index contributed by atoms with van der Waals surface area (Å²) >= 11 is 0. The van der Waals surface area contributed by atoms with Gasteiger partial charge in [0.15, 0.2) is 0 Å². The van der Waals surface area contributed by atoms with Gasteiger partial charge in [0.2, 0.25) is 0 Å². The number of fused-ring (bicyclic) bond motifs is 1. The number of nitrogens with one attached hydrogen (secondary N) is 1. The van der Waals surface area contributed by atoms with Crippen LogP contribution in [0.25, 0.3) is 10.9 Å². The van der Waals surface area contributed by atoms with Crippen molar-refractivity contribution in [3.8, 4) is 0 Å². The fourth-order valence-corrected chi connectivity index (χ4v) is 3.33. The Hall–Kier alpha value is -1.28. The highest BCUT2D eigenvalue weighted by molar-refractivity contribution is 5.83. The summed E-state index contributed by atoms with van der Waals surface area (Å²) in [6.07, 6.45) is 7.54. The zero-order chi connectivity index (χ0) is 12.5. The van der Waals surface area contributed by atoms with Crippen LogP contribution in [0.5, 0.6) is 0 Å². The van der Waals surface area contributed by atoms with Crippen LogP contribution in [0.4, 0.5) is 0 Å². The molecule has 1 saturated carbocycles. The van der Waals surface area contributed by atoms with E-state index in [4.69, 9.17) is 0 Å². The van der Waals surface area contributed by atoms with Crippen molar-refractivity contribution in [2.45, 2.75) is 37.6 Å². The average molecular weight is 242 g/mol. The van der Waals surface area contributed by atoms with Gasteiger partial charge in [-0.15, -0.1) is 0 Å². The first kappa shape index (κ1) is 11.8. The molecule has 0 atom stereocenters. The van der Waals surface area contributed by atoms with Crippen molar-refractivity contribution in [1.29, 1.82) is 0 Å². The van der Waals surface area contributed by atoms with Crippen molar-refractivity contribution in [2.24, 2.45) is 0 Å². The monoisotopic (exact) mass is 242 g/mol. The number of aromatic amines is 1. The molecule has 3 rings (SSSR count). The molecule has 0 spiro atoms. The number of H-pyrrole nitrogens is 1. The van der Waals surface area contributed by atoms with Crippen LogP contribution in [-0.4, -0.2) is 30.0 Å². The van der Waals surface area contributed by atoms with Crippen molar-refractivity contribution < 1.29 is 0 Å². The molecule has 1 N–H and O–H groups in total. The molecule has 0 aliphatic heterocycles. The van der Waals surface area contributed by atoms with Gasteiger partial charge < -0.3 is 9.88 Å². The van der Waals surface area contributed by atoms with Gasteiger partial charge in [-0.3, -0.25) is 0 Å². The van der Waals surface area contributed by atoms with Gasteiger partial charge >= 0.3 is 0 Å². The van der Waals surface area contributed by atoms with E-state index in [9.17, 15) is 0 Å². The van der Waals surface area contributed by atoms with Crippen molar-refractivity contribution >= 4 is 10.9 Å². The first-order valence-electron chi connectivity index (χ1n) is 6.98. The summed E-state index contributed by atoms with van der Waals surface area (Å²) in [6, 6.07) is 9.45. The van der Waals surface area contributed by atoms with Gasteiger partial charge in [-0.05, 0) is 57.3 Å². The van der Waals surface area contributed by atoms with Crippen molar-refractivity contribution in [1.82, 2.24) is 9.88 Å². The van der Waals surface area contributed by atoms with E-state index in [0.29, 0.717) is 0 Å². The van der Waals surface area contributed by atoms with Gasteiger partial charge in [-0.2, -0.15) is 0 Å².